The van der Waals surface area contributed by atoms with Gasteiger partial charge >= 0.3 is 6.18 Å². The average molecular weight is 449 g/mol. The lowest BCUT2D eigenvalue weighted by Gasteiger charge is -2.36. The van der Waals surface area contributed by atoms with Crippen LogP contribution in [0.1, 0.15) is 21.7 Å². The van der Waals surface area contributed by atoms with Crippen LogP contribution in [0.3, 0.4) is 0 Å². The third-order valence-electron chi connectivity index (χ3n) is 5.23. The highest BCUT2D eigenvalue weighted by Crippen LogP contribution is 2.30. The van der Waals surface area contributed by atoms with E-state index in [4.69, 9.17) is 11.6 Å². The molecule has 0 spiro atoms. The van der Waals surface area contributed by atoms with Crippen molar-refractivity contribution < 1.29 is 18.0 Å². The highest BCUT2D eigenvalue weighted by atomic mass is 35.5. The molecule has 2 heterocycles. The van der Waals surface area contributed by atoms with Crippen LogP contribution in [0.5, 0.6) is 0 Å². The van der Waals surface area contributed by atoms with Crippen LogP contribution in [-0.2, 0) is 6.18 Å². The molecule has 0 N–H and O–H groups in total. The van der Waals surface area contributed by atoms with Crippen LogP contribution in [0.4, 0.5) is 18.9 Å². The summed E-state index contributed by atoms with van der Waals surface area (Å²) in [5.74, 6) is -0.146. The number of anilines is 1. The molecule has 1 aliphatic heterocycles. The number of carbonyl (C=O) groups excluding carboxylic acids is 1. The van der Waals surface area contributed by atoms with Crippen molar-refractivity contribution in [3.8, 4) is 5.69 Å². The zero-order valence-electron chi connectivity index (χ0n) is 16.7. The molecule has 1 amide bonds. The molecule has 5 nitrogen and oxygen atoms in total. The van der Waals surface area contributed by atoms with Crippen LogP contribution in [-0.4, -0.2) is 46.8 Å². The number of piperazine rings is 1. The van der Waals surface area contributed by atoms with Crippen LogP contribution in [0, 0.1) is 6.92 Å². The van der Waals surface area contributed by atoms with Gasteiger partial charge in [-0.3, -0.25) is 4.79 Å². The largest absolute Gasteiger partial charge is 0.416 e. The van der Waals surface area contributed by atoms with Crippen molar-refractivity contribution in [2.45, 2.75) is 13.1 Å². The standard InChI is InChI=1S/C22H20ClF3N4O/c1-15-13-20(30(27-15)19-4-2-3-17(23)14-19)21(31)29-11-9-28(10-12-29)18-7-5-16(6-8-18)22(24,25)26/h2-8,13-14H,9-12H2,1H3. The molecule has 9 heteroatoms. The number of hydrogen-bond donors (Lipinski definition) is 0. The molecule has 0 atom stereocenters. The third-order valence-corrected chi connectivity index (χ3v) is 5.47. The third kappa shape index (κ3) is 4.54. The molecule has 1 fully saturated rings. The minimum Gasteiger partial charge on any atom is -0.368 e. The van der Waals surface area contributed by atoms with Crippen molar-refractivity contribution in [1.29, 1.82) is 0 Å². The number of benzene rings is 2. The van der Waals surface area contributed by atoms with Crippen molar-refractivity contribution in [3.63, 3.8) is 0 Å². The predicted molar refractivity (Wildman–Crippen MR) is 113 cm³/mol. The molecule has 0 saturated carbocycles. The second kappa shape index (κ2) is 8.26. The molecule has 1 saturated heterocycles. The monoisotopic (exact) mass is 448 g/mol. The smallest absolute Gasteiger partial charge is 0.368 e. The fourth-order valence-corrected chi connectivity index (χ4v) is 3.83. The Morgan fingerprint density at radius 2 is 1.65 bits per heavy atom. The lowest BCUT2D eigenvalue weighted by molar-refractivity contribution is -0.137. The van der Waals surface area contributed by atoms with Crippen molar-refractivity contribution >= 4 is 23.2 Å². The molecule has 1 aromatic heterocycles. The fourth-order valence-electron chi connectivity index (χ4n) is 3.65. The highest BCUT2D eigenvalue weighted by Gasteiger charge is 2.31. The molecule has 0 bridgehead atoms. The Kier molecular flexibility index (Phi) is 5.66. The maximum Gasteiger partial charge on any atom is 0.416 e. The molecule has 3 aromatic rings. The Labute approximate surface area is 182 Å². The van der Waals surface area contributed by atoms with Gasteiger partial charge in [0, 0.05) is 36.9 Å². The number of aryl methyl sites for hydroxylation is 1. The maximum absolute atomic E-state index is 13.2. The molecule has 1 aliphatic rings. The molecular weight excluding hydrogens is 429 g/mol. The lowest BCUT2D eigenvalue weighted by atomic mass is 10.1. The Balaban J connectivity index is 1.47. The van der Waals surface area contributed by atoms with Gasteiger partial charge in [0.15, 0.2) is 0 Å². The molecule has 0 aliphatic carbocycles. The van der Waals surface area contributed by atoms with Crippen molar-refractivity contribution in [3.05, 3.63) is 76.6 Å². The number of carbonyl (C=O) groups is 1. The quantitative estimate of drug-likeness (QED) is 0.577. The van der Waals surface area contributed by atoms with Gasteiger partial charge < -0.3 is 9.80 Å². The van der Waals surface area contributed by atoms with E-state index in [0.717, 1.165) is 12.1 Å². The van der Waals surface area contributed by atoms with Gasteiger partial charge in [-0.15, -0.1) is 0 Å². The minimum atomic E-state index is -4.35. The highest BCUT2D eigenvalue weighted by molar-refractivity contribution is 6.30. The second-order valence-corrected chi connectivity index (χ2v) is 7.82. The Bertz CT molecular complexity index is 1090. The number of halogens is 4. The van der Waals surface area contributed by atoms with Gasteiger partial charge in [-0.2, -0.15) is 18.3 Å². The van der Waals surface area contributed by atoms with Gasteiger partial charge in [-0.25, -0.2) is 4.68 Å². The van der Waals surface area contributed by atoms with Crippen molar-refractivity contribution in [2.24, 2.45) is 0 Å². The van der Waals surface area contributed by atoms with Crippen LogP contribution < -0.4 is 4.90 Å². The Morgan fingerprint density at radius 3 is 2.26 bits per heavy atom. The van der Waals surface area contributed by atoms with E-state index in [1.54, 1.807) is 33.8 Å². The van der Waals surface area contributed by atoms with E-state index in [2.05, 4.69) is 5.10 Å². The molecule has 0 radical (unpaired) electrons. The molecular formula is C22H20ClF3N4O. The summed E-state index contributed by atoms with van der Waals surface area (Å²) in [6, 6.07) is 14.0. The van der Waals surface area contributed by atoms with E-state index in [0.29, 0.717) is 54.0 Å². The first-order valence-corrected chi connectivity index (χ1v) is 10.1. The van der Waals surface area contributed by atoms with Gasteiger partial charge in [0.05, 0.1) is 16.9 Å². The molecule has 162 valence electrons. The normalized spacial score (nSPS) is 14.7. The van der Waals surface area contributed by atoms with E-state index in [1.165, 1.54) is 12.1 Å². The van der Waals surface area contributed by atoms with Gasteiger partial charge in [-0.1, -0.05) is 17.7 Å². The summed E-state index contributed by atoms with van der Waals surface area (Å²) < 4.78 is 39.9. The minimum absolute atomic E-state index is 0.146. The Morgan fingerprint density at radius 1 is 0.968 bits per heavy atom. The number of amides is 1. The van der Waals surface area contributed by atoms with Gasteiger partial charge in [0.25, 0.3) is 5.91 Å². The average Bonchev–Trinajstić information content (AvgIpc) is 3.14. The van der Waals surface area contributed by atoms with Crippen LogP contribution >= 0.6 is 11.6 Å². The van der Waals surface area contributed by atoms with Gasteiger partial charge in [-0.05, 0) is 55.5 Å². The molecule has 0 unspecified atom stereocenters. The van der Waals surface area contributed by atoms with E-state index < -0.39 is 11.7 Å². The van der Waals surface area contributed by atoms with Crippen molar-refractivity contribution in [1.82, 2.24) is 14.7 Å². The predicted octanol–water partition coefficient (Wildman–Crippen LogP) is 4.82. The van der Waals surface area contributed by atoms with E-state index in [9.17, 15) is 18.0 Å². The molecule has 4 rings (SSSR count). The first-order valence-electron chi connectivity index (χ1n) is 9.76. The lowest BCUT2D eigenvalue weighted by Crippen LogP contribution is -2.49. The number of aromatic nitrogens is 2. The summed E-state index contributed by atoms with van der Waals surface area (Å²) in [4.78, 5) is 16.9. The van der Waals surface area contributed by atoms with E-state index in [-0.39, 0.29) is 5.91 Å². The maximum atomic E-state index is 13.2. The van der Waals surface area contributed by atoms with Crippen LogP contribution in [0.15, 0.2) is 54.6 Å². The first kappa shape index (κ1) is 21.2. The van der Waals surface area contributed by atoms with E-state index in [1.807, 2.05) is 17.9 Å². The molecule has 31 heavy (non-hydrogen) atoms. The van der Waals surface area contributed by atoms with E-state index >= 15 is 0 Å². The topological polar surface area (TPSA) is 41.4 Å². The number of nitrogens with zero attached hydrogens (tertiary/aromatic N) is 4. The number of hydrogen-bond acceptors (Lipinski definition) is 3. The summed E-state index contributed by atoms with van der Waals surface area (Å²) in [5, 5.41) is 4.99. The van der Waals surface area contributed by atoms with Gasteiger partial charge in [0.2, 0.25) is 0 Å². The second-order valence-electron chi connectivity index (χ2n) is 7.39. The Hall–Kier alpha value is -3.00. The fraction of sp³-hybridized carbons (Fsp3) is 0.273. The zero-order valence-corrected chi connectivity index (χ0v) is 17.5. The summed E-state index contributed by atoms with van der Waals surface area (Å²) in [6.07, 6.45) is -4.35. The van der Waals surface area contributed by atoms with Crippen molar-refractivity contribution in [2.75, 3.05) is 31.1 Å². The SMILES string of the molecule is Cc1cc(C(=O)N2CCN(c3ccc(C(F)(F)F)cc3)CC2)n(-c2cccc(Cl)c2)n1. The van der Waals surface area contributed by atoms with Gasteiger partial charge in [0.1, 0.15) is 5.69 Å². The molecule has 2 aromatic carbocycles. The number of alkyl halides is 3. The van der Waals surface area contributed by atoms with Crippen LogP contribution in [0.2, 0.25) is 5.02 Å². The summed E-state index contributed by atoms with van der Waals surface area (Å²) in [6.45, 7) is 3.79. The summed E-state index contributed by atoms with van der Waals surface area (Å²) >= 11 is 6.09. The zero-order chi connectivity index (χ0) is 22.2. The summed E-state index contributed by atoms with van der Waals surface area (Å²) in [5.41, 5.74) is 1.90. The number of rotatable bonds is 3. The first-order chi connectivity index (χ1) is 14.7. The summed E-state index contributed by atoms with van der Waals surface area (Å²) in [7, 11) is 0. The van der Waals surface area contributed by atoms with Crippen LogP contribution in [0.25, 0.3) is 5.69 Å².